The van der Waals surface area contributed by atoms with E-state index in [1.165, 1.54) is 6.07 Å². The molecule has 0 saturated heterocycles. The van der Waals surface area contributed by atoms with Crippen molar-refractivity contribution in [3.63, 3.8) is 0 Å². The van der Waals surface area contributed by atoms with Crippen LogP contribution in [-0.4, -0.2) is 10.4 Å². The average Bonchev–Trinajstić information content (AvgIpc) is 2.15. The van der Waals surface area contributed by atoms with E-state index in [1.54, 1.807) is 0 Å². The molecule has 0 aliphatic rings. The summed E-state index contributed by atoms with van der Waals surface area (Å²) in [5, 5.41) is -0.0840. The van der Waals surface area contributed by atoms with Crippen molar-refractivity contribution >= 4 is 11.6 Å². The molecule has 5 heteroatoms. The molecule has 96 valence electrons. The Morgan fingerprint density at radius 2 is 1.94 bits per heavy atom. The van der Waals surface area contributed by atoms with Crippen LogP contribution in [0.5, 0.6) is 0 Å². The van der Waals surface area contributed by atoms with Crippen LogP contribution < -0.4 is 0 Å². The molecule has 0 amide bonds. The first-order valence-corrected chi connectivity index (χ1v) is 5.89. The fourth-order valence-electron chi connectivity index (χ4n) is 1.53. The van der Waals surface area contributed by atoms with Crippen molar-refractivity contribution in [2.24, 2.45) is 5.92 Å². The molecule has 1 nitrogen and oxygen atoms in total. The molecule has 1 unspecified atom stereocenters. The van der Waals surface area contributed by atoms with Crippen LogP contribution in [0.15, 0.2) is 18.3 Å². The largest absolute Gasteiger partial charge is 0.417 e. The van der Waals surface area contributed by atoms with E-state index in [1.807, 2.05) is 0 Å². The standard InChI is InChI=1S/C12H15ClF3N/c1-8(2)5-10(13)6-11-4-3-9(7-17-11)12(14,15)16/h3-4,7-8,10H,5-6H2,1-2H3. The van der Waals surface area contributed by atoms with Gasteiger partial charge in [0.2, 0.25) is 0 Å². The van der Waals surface area contributed by atoms with Gasteiger partial charge in [-0.05, 0) is 24.5 Å². The third-order valence-corrected chi connectivity index (χ3v) is 2.64. The normalized spacial score (nSPS) is 14.1. The molecule has 0 aliphatic carbocycles. The van der Waals surface area contributed by atoms with Crippen LogP contribution in [0, 0.1) is 5.92 Å². The number of pyridine rings is 1. The summed E-state index contributed by atoms with van der Waals surface area (Å²) in [6.07, 6.45) is -2.15. The first-order valence-electron chi connectivity index (χ1n) is 5.45. The van der Waals surface area contributed by atoms with Crippen LogP contribution in [0.25, 0.3) is 0 Å². The van der Waals surface area contributed by atoms with E-state index >= 15 is 0 Å². The minimum atomic E-state index is -4.33. The molecule has 0 radical (unpaired) electrons. The highest BCUT2D eigenvalue weighted by molar-refractivity contribution is 6.20. The van der Waals surface area contributed by atoms with E-state index in [9.17, 15) is 13.2 Å². The Hall–Kier alpha value is -0.770. The minimum Gasteiger partial charge on any atom is -0.261 e. The maximum atomic E-state index is 12.3. The Morgan fingerprint density at radius 3 is 2.35 bits per heavy atom. The van der Waals surface area contributed by atoms with Gasteiger partial charge in [0, 0.05) is 23.7 Å². The van der Waals surface area contributed by atoms with Crippen LogP contribution in [0.1, 0.15) is 31.5 Å². The Bertz CT molecular complexity index is 346. The van der Waals surface area contributed by atoms with Crippen molar-refractivity contribution in [3.8, 4) is 0 Å². The highest BCUT2D eigenvalue weighted by Crippen LogP contribution is 2.28. The van der Waals surface area contributed by atoms with Gasteiger partial charge in [-0.1, -0.05) is 13.8 Å². The van der Waals surface area contributed by atoms with Crippen LogP contribution >= 0.6 is 11.6 Å². The van der Waals surface area contributed by atoms with Gasteiger partial charge < -0.3 is 0 Å². The number of hydrogen-bond donors (Lipinski definition) is 0. The molecule has 0 bridgehead atoms. The summed E-state index contributed by atoms with van der Waals surface area (Å²) in [4.78, 5) is 3.79. The predicted molar refractivity (Wildman–Crippen MR) is 62.0 cm³/mol. The summed E-state index contributed by atoms with van der Waals surface area (Å²) in [7, 11) is 0. The minimum absolute atomic E-state index is 0.0840. The summed E-state index contributed by atoms with van der Waals surface area (Å²) in [5.41, 5.74) is -0.130. The summed E-state index contributed by atoms with van der Waals surface area (Å²) in [6, 6.07) is 2.43. The van der Waals surface area contributed by atoms with Crippen LogP contribution in [0.4, 0.5) is 13.2 Å². The molecule has 1 aromatic rings. The number of hydrogen-bond acceptors (Lipinski definition) is 1. The van der Waals surface area contributed by atoms with Crippen molar-refractivity contribution in [1.82, 2.24) is 4.98 Å². The van der Waals surface area contributed by atoms with Gasteiger partial charge in [-0.2, -0.15) is 13.2 Å². The number of halogens is 4. The zero-order chi connectivity index (χ0) is 13.1. The quantitative estimate of drug-likeness (QED) is 0.740. The van der Waals surface area contributed by atoms with E-state index < -0.39 is 11.7 Å². The Kier molecular flexibility index (Phi) is 4.80. The average molecular weight is 266 g/mol. The highest BCUT2D eigenvalue weighted by atomic mass is 35.5. The Labute approximate surface area is 104 Å². The van der Waals surface area contributed by atoms with Crippen LogP contribution in [0.2, 0.25) is 0 Å². The molecule has 0 saturated carbocycles. The van der Waals surface area contributed by atoms with E-state index in [4.69, 9.17) is 11.6 Å². The number of nitrogens with zero attached hydrogens (tertiary/aromatic N) is 1. The fraction of sp³-hybridized carbons (Fsp3) is 0.583. The lowest BCUT2D eigenvalue weighted by Crippen LogP contribution is -2.10. The molecule has 1 atom stereocenters. The summed E-state index contributed by atoms with van der Waals surface area (Å²) in [6.45, 7) is 4.10. The summed E-state index contributed by atoms with van der Waals surface area (Å²) in [5.74, 6) is 0.465. The SMILES string of the molecule is CC(C)CC(Cl)Cc1ccc(C(F)(F)F)cn1. The molecule has 0 aromatic carbocycles. The first kappa shape index (κ1) is 14.3. The van der Waals surface area contributed by atoms with Crippen molar-refractivity contribution in [2.75, 3.05) is 0 Å². The molecule has 1 heterocycles. The predicted octanol–water partition coefficient (Wildman–Crippen LogP) is 4.30. The second-order valence-electron chi connectivity index (χ2n) is 4.47. The Balaban J connectivity index is 2.63. The third-order valence-electron chi connectivity index (χ3n) is 2.31. The molecular weight excluding hydrogens is 251 g/mol. The number of aromatic nitrogens is 1. The van der Waals surface area contributed by atoms with Crippen molar-refractivity contribution < 1.29 is 13.2 Å². The molecule has 0 N–H and O–H groups in total. The van der Waals surface area contributed by atoms with Gasteiger partial charge in [-0.3, -0.25) is 4.98 Å². The van der Waals surface area contributed by atoms with Crippen LogP contribution in [0.3, 0.4) is 0 Å². The second kappa shape index (κ2) is 5.71. The maximum Gasteiger partial charge on any atom is 0.417 e. The third kappa shape index (κ3) is 4.94. The van der Waals surface area contributed by atoms with E-state index in [2.05, 4.69) is 18.8 Å². The zero-order valence-corrected chi connectivity index (χ0v) is 10.5. The number of alkyl halides is 4. The molecule has 1 aromatic heterocycles. The van der Waals surface area contributed by atoms with Crippen LogP contribution in [-0.2, 0) is 12.6 Å². The van der Waals surface area contributed by atoms with E-state index in [0.29, 0.717) is 18.0 Å². The zero-order valence-electron chi connectivity index (χ0n) is 9.76. The first-order chi connectivity index (χ1) is 7.79. The Morgan fingerprint density at radius 1 is 1.29 bits per heavy atom. The molecular formula is C12H15ClF3N. The molecule has 0 spiro atoms. The van der Waals surface area contributed by atoms with Gasteiger partial charge in [-0.15, -0.1) is 11.6 Å². The maximum absolute atomic E-state index is 12.3. The van der Waals surface area contributed by atoms with Gasteiger partial charge in [0.15, 0.2) is 0 Å². The lowest BCUT2D eigenvalue weighted by Gasteiger charge is -2.12. The number of rotatable bonds is 4. The monoisotopic (exact) mass is 265 g/mol. The van der Waals surface area contributed by atoms with Crippen molar-refractivity contribution in [3.05, 3.63) is 29.6 Å². The van der Waals surface area contributed by atoms with Gasteiger partial charge >= 0.3 is 6.18 Å². The van der Waals surface area contributed by atoms with Crippen molar-refractivity contribution in [2.45, 2.75) is 38.2 Å². The lowest BCUT2D eigenvalue weighted by molar-refractivity contribution is -0.137. The highest BCUT2D eigenvalue weighted by Gasteiger charge is 2.30. The smallest absolute Gasteiger partial charge is 0.261 e. The molecule has 17 heavy (non-hydrogen) atoms. The molecule has 0 aliphatic heterocycles. The second-order valence-corrected chi connectivity index (χ2v) is 5.08. The van der Waals surface area contributed by atoms with Gasteiger partial charge in [0.25, 0.3) is 0 Å². The van der Waals surface area contributed by atoms with Gasteiger partial charge in [0.1, 0.15) is 0 Å². The topological polar surface area (TPSA) is 12.9 Å². The van der Waals surface area contributed by atoms with Gasteiger partial charge in [-0.25, -0.2) is 0 Å². The summed E-state index contributed by atoms with van der Waals surface area (Å²) < 4.78 is 36.9. The van der Waals surface area contributed by atoms with E-state index in [0.717, 1.165) is 18.7 Å². The van der Waals surface area contributed by atoms with E-state index in [-0.39, 0.29) is 5.38 Å². The molecule has 0 fully saturated rings. The van der Waals surface area contributed by atoms with Gasteiger partial charge in [0.05, 0.1) is 5.56 Å². The summed E-state index contributed by atoms with van der Waals surface area (Å²) >= 11 is 6.08. The lowest BCUT2D eigenvalue weighted by atomic mass is 10.0. The fourth-order valence-corrected chi connectivity index (χ4v) is 2.05. The van der Waals surface area contributed by atoms with Crippen molar-refractivity contribution in [1.29, 1.82) is 0 Å². The molecule has 1 rings (SSSR count).